The van der Waals surface area contributed by atoms with Crippen LogP contribution in [0.4, 0.5) is 5.69 Å². The van der Waals surface area contributed by atoms with E-state index in [1.807, 2.05) is 50.2 Å². The molecule has 4 rings (SSSR count). The molecule has 0 radical (unpaired) electrons. The summed E-state index contributed by atoms with van der Waals surface area (Å²) in [6.07, 6.45) is 0.911. The molecule has 0 aliphatic carbocycles. The molecule has 0 heterocycles. The number of carbonyl (C=O) groups excluding carboxylic acids is 2. The summed E-state index contributed by atoms with van der Waals surface area (Å²) in [4.78, 5) is 29.8. The Kier molecular flexibility index (Phi) is 11.4. The quantitative estimate of drug-likeness (QED) is 0.173. The van der Waals surface area contributed by atoms with Gasteiger partial charge in [-0.2, -0.15) is 0 Å². The molecule has 0 bridgehead atoms. The van der Waals surface area contributed by atoms with Crippen LogP contribution in [0, 0.1) is 0 Å². The number of rotatable bonds is 13. The number of hydrogen-bond acceptors (Lipinski definition) is 4. The van der Waals surface area contributed by atoms with E-state index in [0.29, 0.717) is 17.0 Å². The van der Waals surface area contributed by atoms with Crippen molar-refractivity contribution in [2.75, 3.05) is 10.8 Å². The lowest BCUT2D eigenvalue weighted by atomic mass is 10.0. The van der Waals surface area contributed by atoms with Crippen LogP contribution in [-0.4, -0.2) is 43.8 Å². The van der Waals surface area contributed by atoms with E-state index in [0.717, 1.165) is 9.87 Å². The van der Waals surface area contributed by atoms with Gasteiger partial charge in [0.05, 0.1) is 15.6 Å². The average Bonchev–Trinajstić information content (AvgIpc) is 3.02. The molecule has 0 fully saturated rings. The van der Waals surface area contributed by atoms with E-state index >= 15 is 0 Å². The first-order valence-corrected chi connectivity index (χ1v) is 16.5. The Labute approximate surface area is 269 Å². The Balaban J connectivity index is 1.81. The smallest absolute Gasteiger partial charge is 0.264 e. The second-order valence-corrected chi connectivity index (χ2v) is 13.2. The van der Waals surface area contributed by atoms with Gasteiger partial charge in [-0.05, 0) is 60.9 Å². The first-order chi connectivity index (χ1) is 21.1. The molecular weight excluding hydrogens is 617 g/mol. The van der Waals surface area contributed by atoms with Crippen LogP contribution in [0.1, 0.15) is 31.4 Å². The normalized spacial score (nSPS) is 12.6. The molecule has 2 atom stereocenters. The number of benzene rings is 4. The van der Waals surface area contributed by atoms with Gasteiger partial charge in [-0.1, -0.05) is 103 Å². The van der Waals surface area contributed by atoms with Crippen molar-refractivity contribution in [3.63, 3.8) is 0 Å². The van der Waals surface area contributed by atoms with Gasteiger partial charge in [0, 0.05) is 24.0 Å². The molecule has 0 aliphatic rings. The third-order valence-corrected chi connectivity index (χ3v) is 9.57. The first kappa shape index (κ1) is 33.1. The van der Waals surface area contributed by atoms with Crippen LogP contribution < -0.4 is 9.62 Å². The van der Waals surface area contributed by atoms with Gasteiger partial charge in [0.25, 0.3) is 10.0 Å². The Morgan fingerprint density at radius 3 is 2.07 bits per heavy atom. The van der Waals surface area contributed by atoms with Crippen LogP contribution in [0.25, 0.3) is 0 Å². The Bertz CT molecular complexity index is 1670. The maximum atomic E-state index is 14.5. The summed E-state index contributed by atoms with van der Waals surface area (Å²) in [5.74, 6) is -0.918. The van der Waals surface area contributed by atoms with Gasteiger partial charge in [0.15, 0.2) is 0 Å². The van der Waals surface area contributed by atoms with Crippen molar-refractivity contribution in [3.8, 4) is 0 Å². The third-order valence-electron chi connectivity index (χ3n) is 7.25. The van der Waals surface area contributed by atoms with E-state index < -0.39 is 28.5 Å². The predicted octanol–water partition coefficient (Wildman–Crippen LogP) is 6.74. The lowest BCUT2D eigenvalue weighted by Gasteiger charge is -2.34. The highest BCUT2D eigenvalue weighted by Crippen LogP contribution is 2.31. The Morgan fingerprint density at radius 1 is 0.818 bits per heavy atom. The zero-order valence-electron chi connectivity index (χ0n) is 24.6. The number of nitrogens with one attached hydrogen (secondary N) is 1. The first-order valence-electron chi connectivity index (χ1n) is 14.3. The number of halogens is 2. The van der Waals surface area contributed by atoms with E-state index in [2.05, 4.69) is 5.32 Å². The number of carbonyl (C=O) groups is 2. The van der Waals surface area contributed by atoms with Crippen molar-refractivity contribution in [2.24, 2.45) is 0 Å². The molecule has 2 amide bonds. The van der Waals surface area contributed by atoms with E-state index in [1.165, 1.54) is 17.0 Å². The fraction of sp³-hybridized carbons (Fsp3) is 0.235. The number of hydrogen-bond donors (Lipinski definition) is 1. The molecule has 1 N–H and O–H groups in total. The Morgan fingerprint density at radius 2 is 1.43 bits per heavy atom. The van der Waals surface area contributed by atoms with Gasteiger partial charge in [0.1, 0.15) is 12.6 Å². The molecule has 0 saturated carbocycles. The van der Waals surface area contributed by atoms with Crippen molar-refractivity contribution >= 4 is 50.7 Å². The van der Waals surface area contributed by atoms with Gasteiger partial charge in [-0.15, -0.1) is 0 Å². The minimum atomic E-state index is -4.23. The van der Waals surface area contributed by atoms with E-state index in [-0.39, 0.29) is 40.5 Å². The molecule has 4 aromatic carbocycles. The lowest BCUT2D eigenvalue weighted by Crippen LogP contribution is -2.54. The molecular formula is C34H35Cl2N3O4S. The minimum absolute atomic E-state index is 0.00413. The number of para-hydroxylation sites is 1. The van der Waals surface area contributed by atoms with Crippen LogP contribution >= 0.6 is 23.2 Å². The van der Waals surface area contributed by atoms with E-state index in [4.69, 9.17) is 23.2 Å². The van der Waals surface area contributed by atoms with Crippen LogP contribution in [0.3, 0.4) is 0 Å². The number of amides is 2. The monoisotopic (exact) mass is 651 g/mol. The van der Waals surface area contributed by atoms with Crippen LogP contribution in [0.2, 0.25) is 10.0 Å². The molecule has 7 nitrogen and oxygen atoms in total. The van der Waals surface area contributed by atoms with Crippen molar-refractivity contribution in [2.45, 2.75) is 50.2 Å². The predicted molar refractivity (Wildman–Crippen MR) is 176 cm³/mol. The maximum Gasteiger partial charge on any atom is 0.264 e. The number of nitrogens with zero attached hydrogens (tertiary/aromatic N) is 2. The van der Waals surface area contributed by atoms with Crippen molar-refractivity contribution < 1.29 is 18.0 Å². The van der Waals surface area contributed by atoms with Gasteiger partial charge in [0.2, 0.25) is 11.8 Å². The highest BCUT2D eigenvalue weighted by atomic mass is 35.5. The molecule has 230 valence electrons. The number of anilines is 1. The average molecular weight is 653 g/mol. The third kappa shape index (κ3) is 8.40. The maximum absolute atomic E-state index is 14.5. The minimum Gasteiger partial charge on any atom is -0.352 e. The van der Waals surface area contributed by atoms with Crippen molar-refractivity contribution in [1.29, 1.82) is 0 Å². The highest BCUT2D eigenvalue weighted by molar-refractivity contribution is 7.92. The van der Waals surface area contributed by atoms with Crippen molar-refractivity contribution in [3.05, 3.63) is 130 Å². The van der Waals surface area contributed by atoms with E-state index in [1.54, 1.807) is 60.7 Å². The summed E-state index contributed by atoms with van der Waals surface area (Å²) in [6, 6.07) is 29.6. The second-order valence-electron chi connectivity index (χ2n) is 10.5. The second kappa shape index (κ2) is 15.2. The molecule has 0 saturated heterocycles. The molecule has 0 aliphatic heterocycles. The van der Waals surface area contributed by atoms with E-state index in [9.17, 15) is 18.0 Å². The molecule has 0 unspecified atom stereocenters. The zero-order valence-corrected chi connectivity index (χ0v) is 26.9. The SMILES string of the molecule is CC[C@@H](C)NC(=O)[C@@H](Cc1ccccc1)N(Cc1cccc(Cl)c1)C(=O)CN(c1ccccc1Cl)S(=O)(=O)c1ccccc1. The van der Waals surface area contributed by atoms with Gasteiger partial charge >= 0.3 is 0 Å². The molecule has 44 heavy (non-hydrogen) atoms. The molecule has 0 spiro atoms. The summed E-state index contributed by atoms with van der Waals surface area (Å²) in [5.41, 5.74) is 1.69. The summed E-state index contributed by atoms with van der Waals surface area (Å²) < 4.78 is 29.1. The number of sulfonamides is 1. The molecule has 4 aromatic rings. The van der Waals surface area contributed by atoms with Crippen molar-refractivity contribution in [1.82, 2.24) is 10.2 Å². The van der Waals surface area contributed by atoms with Crippen LogP contribution in [0.15, 0.2) is 114 Å². The summed E-state index contributed by atoms with van der Waals surface area (Å²) >= 11 is 12.8. The molecule has 10 heteroatoms. The standard InChI is InChI=1S/C34H35Cl2N3O4S/c1-3-25(2)37-34(41)32(22-26-13-6-4-7-14-26)38(23-27-15-12-16-28(35)21-27)33(40)24-39(31-20-11-10-19-30(31)36)44(42,43)29-17-8-5-9-18-29/h4-21,25,32H,3,22-24H2,1-2H3,(H,37,41)/t25-,32-/m1/s1. The zero-order chi connectivity index (χ0) is 31.7. The summed E-state index contributed by atoms with van der Waals surface area (Å²) in [7, 11) is -4.23. The fourth-order valence-electron chi connectivity index (χ4n) is 4.71. The lowest BCUT2D eigenvalue weighted by molar-refractivity contribution is -0.140. The highest BCUT2D eigenvalue weighted by Gasteiger charge is 2.35. The van der Waals surface area contributed by atoms with Crippen LogP contribution in [0.5, 0.6) is 0 Å². The van der Waals surface area contributed by atoms with Gasteiger partial charge in [-0.25, -0.2) is 8.42 Å². The van der Waals surface area contributed by atoms with Gasteiger partial charge < -0.3 is 10.2 Å². The fourth-order valence-corrected chi connectivity index (χ4v) is 6.67. The van der Waals surface area contributed by atoms with Crippen LogP contribution in [-0.2, 0) is 32.6 Å². The topological polar surface area (TPSA) is 86.8 Å². The Hall–Kier alpha value is -3.85. The molecule has 0 aromatic heterocycles. The summed E-state index contributed by atoms with van der Waals surface area (Å²) in [6.45, 7) is 3.28. The van der Waals surface area contributed by atoms with Gasteiger partial charge in [-0.3, -0.25) is 13.9 Å². The summed E-state index contributed by atoms with van der Waals surface area (Å²) in [5, 5.41) is 3.66. The largest absolute Gasteiger partial charge is 0.352 e.